The zero-order valence-electron chi connectivity index (χ0n) is 25.7. The smallest absolute Gasteiger partial charge is 0.0911 e. The summed E-state index contributed by atoms with van der Waals surface area (Å²) >= 11 is 0. The normalized spacial score (nSPS) is 25.8. The van der Waals surface area contributed by atoms with Crippen LogP contribution < -0.4 is 0 Å². The first-order valence-corrected chi connectivity index (χ1v) is 13.9. The van der Waals surface area contributed by atoms with E-state index in [2.05, 4.69) is 120 Å². The molecule has 0 amide bonds. The molecule has 2 atom stereocenters. The molecule has 0 saturated heterocycles. The number of hydrogen-bond donors (Lipinski definition) is 4. The summed E-state index contributed by atoms with van der Waals surface area (Å²) in [7, 11) is 0. The Morgan fingerprint density at radius 3 is 1.00 bits per heavy atom. The predicted molar refractivity (Wildman–Crippen MR) is 155 cm³/mol. The number of hydrogen-bond acceptors (Lipinski definition) is 4. The van der Waals surface area contributed by atoms with Crippen LogP contribution in [0.3, 0.4) is 0 Å². The predicted octanol–water partition coefficient (Wildman–Crippen LogP) is 6.32. The molecule has 0 aromatic heterocycles. The van der Waals surface area contributed by atoms with Crippen LogP contribution in [-0.2, 0) is 0 Å². The van der Waals surface area contributed by atoms with E-state index < -0.39 is 53.5 Å². The fourth-order valence-electron chi connectivity index (χ4n) is 8.76. The molecule has 0 saturated carbocycles. The molecule has 2 aliphatic rings. The van der Waals surface area contributed by atoms with Crippen LogP contribution in [0.4, 0.5) is 0 Å². The van der Waals surface area contributed by atoms with Crippen LogP contribution in [0.2, 0.25) is 0 Å². The van der Waals surface area contributed by atoms with E-state index in [9.17, 15) is 20.4 Å². The van der Waals surface area contributed by atoms with Crippen molar-refractivity contribution < 1.29 is 20.4 Å². The van der Waals surface area contributed by atoms with Crippen LogP contribution in [-0.4, -0.2) is 45.8 Å². The summed E-state index contributed by atoms with van der Waals surface area (Å²) in [5.74, 6) is -1.05. The summed E-state index contributed by atoms with van der Waals surface area (Å²) in [6, 6.07) is 0. The van der Waals surface area contributed by atoms with E-state index in [-0.39, 0.29) is 21.7 Å². The fraction of sp³-hybridized carbons (Fsp3) is 0.758. The molecule has 0 spiro atoms. The molecular formula is C33H56O4. The quantitative estimate of drug-likeness (QED) is 0.333. The third-order valence-electron chi connectivity index (χ3n) is 10.2. The second-order valence-corrected chi connectivity index (χ2v) is 15.8. The van der Waals surface area contributed by atoms with Gasteiger partial charge in [0.15, 0.2) is 0 Å². The first-order valence-electron chi connectivity index (χ1n) is 13.9. The molecule has 0 bridgehead atoms. The van der Waals surface area contributed by atoms with Crippen molar-refractivity contribution in [3.8, 4) is 0 Å². The van der Waals surface area contributed by atoms with Crippen molar-refractivity contribution in [1.82, 2.24) is 0 Å². The Hall–Kier alpha value is -1.20. The molecule has 0 aromatic carbocycles. The minimum Gasteiger partial charge on any atom is -0.395 e. The summed E-state index contributed by atoms with van der Waals surface area (Å²) < 4.78 is 0. The molecule has 37 heavy (non-hydrogen) atoms. The first kappa shape index (κ1) is 32.0. The lowest BCUT2D eigenvalue weighted by Gasteiger charge is -2.69. The Morgan fingerprint density at radius 2 is 0.784 bits per heavy atom. The van der Waals surface area contributed by atoms with E-state index in [0.29, 0.717) is 0 Å². The lowest BCUT2D eigenvalue weighted by molar-refractivity contribution is -0.260. The van der Waals surface area contributed by atoms with Crippen molar-refractivity contribution >= 4 is 0 Å². The Kier molecular flexibility index (Phi) is 8.45. The van der Waals surface area contributed by atoms with E-state index >= 15 is 0 Å². The monoisotopic (exact) mass is 516 g/mol. The second-order valence-electron chi connectivity index (χ2n) is 15.8. The number of aliphatic hydroxyl groups is 4. The van der Waals surface area contributed by atoms with Gasteiger partial charge in [0.05, 0.1) is 30.8 Å². The lowest BCUT2D eigenvalue weighted by Crippen LogP contribution is -2.73. The molecule has 0 heterocycles. The molecule has 4 nitrogen and oxygen atoms in total. The van der Waals surface area contributed by atoms with Gasteiger partial charge >= 0.3 is 0 Å². The van der Waals surface area contributed by atoms with Crippen molar-refractivity contribution in [3.05, 3.63) is 48.6 Å². The van der Waals surface area contributed by atoms with Gasteiger partial charge in [-0.1, -0.05) is 132 Å². The summed E-state index contributed by atoms with van der Waals surface area (Å²) in [6.07, 6.45) is 16.6. The van der Waals surface area contributed by atoms with Crippen molar-refractivity contribution in [3.63, 3.8) is 0 Å². The van der Waals surface area contributed by atoms with Crippen LogP contribution in [0.5, 0.6) is 0 Å². The van der Waals surface area contributed by atoms with Gasteiger partial charge in [-0.15, -0.1) is 0 Å². The molecule has 212 valence electrons. The van der Waals surface area contributed by atoms with E-state index in [1.165, 1.54) is 0 Å². The third kappa shape index (κ3) is 4.35. The fourth-order valence-corrected chi connectivity index (χ4v) is 8.76. The highest BCUT2D eigenvalue weighted by Gasteiger charge is 2.71. The molecule has 0 aromatic rings. The molecule has 4 N–H and O–H groups in total. The van der Waals surface area contributed by atoms with Crippen LogP contribution in [0.1, 0.15) is 83.1 Å². The molecule has 2 unspecified atom stereocenters. The topological polar surface area (TPSA) is 80.9 Å². The minimum absolute atomic E-state index is 0.308. The largest absolute Gasteiger partial charge is 0.395 e. The molecule has 4 heteroatoms. The SMILES string of the molecule is CC(C)(C)C1(C(C)(C)C)C=CC=CC1C(O)(C1C=CC=CC1(C(C)(C)C)C(C)(C)C)C(CO)(CO)CO. The van der Waals surface area contributed by atoms with Gasteiger partial charge in [-0.25, -0.2) is 0 Å². The van der Waals surface area contributed by atoms with Crippen molar-refractivity contribution in [1.29, 1.82) is 0 Å². The third-order valence-corrected chi connectivity index (χ3v) is 10.2. The zero-order valence-corrected chi connectivity index (χ0v) is 25.7. The average molecular weight is 517 g/mol. The molecule has 2 rings (SSSR count). The second kappa shape index (κ2) is 9.77. The maximum Gasteiger partial charge on any atom is 0.0911 e. The van der Waals surface area contributed by atoms with Crippen LogP contribution in [0.25, 0.3) is 0 Å². The van der Waals surface area contributed by atoms with Gasteiger partial charge in [-0.2, -0.15) is 0 Å². The van der Waals surface area contributed by atoms with Gasteiger partial charge in [0.1, 0.15) is 0 Å². The van der Waals surface area contributed by atoms with E-state index in [0.717, 1.165) is 0 Å². The summed E-state index contributed by atoms with van der Waals surface area (Å²) in [6.45, 7) is 24.7. The van der Waals surface area contributed by atoms with Crippen molar-refractivity contribution in [2.75, 3.05) is 19.8 Å². The Bertz CT molecular complexity index is 817. The minimum atomic E-state index is -1.73. The summed E-state index contributed by atoms with van der Waals surface area (Å²) in [5.41, 5.74) is -5.69. The van der Waals surface area contributed by atoms with Gasteiger partial charge in [0.25, 0.3) is 0 Å². The molecule has 0 fully saturated rings. The Labute approximate surface area is 227 Å². The van der Waals surface area contributed by atoms with Crippen molar-refractivity contribution in [2.45, 2.75) is 88.7 Å². The Morgan fingerprint density at radius 1 is 0.514 bits per heavy atom. The summed E-state index contributed by atoms with van der Waals surface area (Å²) in [5, 5.41) is 46.5. The van der Waals surface area contributed by atoms with Crippen LogP contribution in [0, 0.1) is 49.7 Å². The van der Waals surface area contributed by atoms with Gasteiger partial charge in [-0.05, 0) is 21.7 Å². The number of rotatable bonds is 6. The highest BCUT2D eigenvalue weighted by atomic mass is 16.3. The maximum atomic E-state index is 13.6. The molecule has 0 aliphatic heterocycles. The molecule has 0 radical (unpaired) electrons. The summed E-state index contributed by atoms with van der Waals surface area (Å²) in [4.78, 5) is 0. The van der Waals surface area contributed by atoms with E-state index in [1.54, 1.807) is 0 Å². The lowest BCUT2D eigenvalue weighted by atomic mass is 9.37. The molecule has 2 aliphatic carbocycles. The van der Waals surface area contributed by atoms with Crippen LogP contribution in [0.15, 0.2) is 48.6 Å². The zero-order chi connectivity index (χ0) is 28.9. The number of aliphatic hydroxyl groups excluding tert-OH is 3. The van der Waals surface area contributed by atoms with E-state index in [4.69, 9.17) is 0 Å². The Balaban J connectivity index is 3.20. The maximum absolute atomic E-state index is 13.6. The van der Waals surface area contributed by atoms with Gasteiger partial charge in [-0.3, -0.25) is 0 Å². The standard InChI is InChI=1S/C33H56O4/c1-26(2,3)31(27(4,5)6)19-15-13-17-24(31)33(37,30(21-34,22-35)23-36)25-18-14-16-20-32(25,28(7,8)9)29(10,11)12/h13-20,24-25,34-37H,21-23H2,1-12H3. The van der Waals surface area contributed by atoms with Crippen LogP contribution >= 0.6 is 0 Å². The highest BCUT2D eigenvalue weighted by Crippen LogP contribution is 2.70. The van der Waals surface area contributed by atoms with Gasteiger partial charge < -0.3 is 20.4 Å². The highest BCUT2D eigenvalue weighted by molar-refractivity contribution is 5.37. The van der Waals surface area contributed by atoms with Gasteiger partial charge in [0.2, 0.25) is 0 Å². The van der Waals surface area contributed by atoms with E-state index in [1.807, 2.05) is 12.2 Å². The van der Waals surface area contributed by atoms with Gasteiger partial charge in [0, 0.05) is 22.7 Å². The molecular weight excluding hydrogens is 460 g/mol. The first-order chi connectivity index (χ1) is 16.6. The average Bonchev–Trinajstić information content (AvgIpc) is 2.77. The van der Waals surface area contributed by atoms with Crippen molar-refractivity contribution in [2.24, 2.45) is 49.7 Å². The number of allylic oxidation sites excluding steroid dienone is 6.